The van der Waals surface area contributed by atoms with E-state index in [0.717, 1.165) is 62.1 Å². The number of thiazole rings is 1. The Kier molecular flexibility index (Phi) is 6.46. The number of aryl methyl sites for hydroxylation is 2. The van der Waals surface area contributed by atoms with Gasteiger partial charge < -0.3 is 5.32 Å². The molecular weight excluding hydrogens is 380 g/mol. The zero-order chi connectivity index (χ0) is 20.1. The smallest absolute Gasteiger partial charge is 0.188 e. The fraction of sp³-hybridized carbons (Fsp3) is 0.455. The number of pyridine rings is 1. The molecule has 0 aliphatic carbocycles. The Morgan fingerprint density at radius 3 is 2.59 bits per heavy atom. The van der Waals surface area contributed by atoms with Gasteiger partial charge in [-0.25, -0.2) is 19.9 Å². The van der Waals surface area contributed by atoms with Gasteiger partial charge in [0.25, 0.3) is 0 Å². The molecule has 6 nitrogen and oxygen atoms in total. The second-order valence-corrected chi connectivity index (χ2v) is 8.89. The third-order valence-corrected chi connectivity index (χ3v) is 6.10. The predicted octanol–water partition coefficient (Wildman–Crippen LogP) is 4.71. The molecule has 152 valence electrons. The molecule has 0 amide bonds. The van der Waals surface area contributed by atoms with E-state index in [0.29, 0.717) is 5.92 Å². The number of nitrogens with one attached hydrogen (secondary N) is 1. The minimum absolute atomic E-state index is 0.509. The van der Waals surface area contributed by atoms with Crippen molar-refractivity contribution in [2.75, 3.05) is 18.4 Å². The van der Waals surface area contributed by atoms with Crippen LogP contribution in [0.3, 0.4) is 0 Å². The normalized spacial score (nSPS) is 15.5. The van der Waals surface area contributed by atoms with Crippen molar-refractivity contribution in [3.05, 3.63) is 58.7 Å². The summed E-state index contributed by atoms with van der Waals surface area (Å²) in [5, 5.41) is 4.23. The monoisotopic (exact) mass is 408 g/mol. The van der Waals surface area contributed by atoms with Crippen LogP contribution in [0.1, 0.15) is 54.1 Å². The first-order chi connectivity index (χ1) is 14.2. The molecule has 1 aliphatic rings. The fourth-order valence-corrected chi connectivity index (χ4v) is 4.40. The second kappa shape index (κ2) is 9.41. The number of piperidine rings is 1. The van der Waals surface area contributed by atoms with Crippen LogP contribution in [0.5, 0.6) is 0 Å². The molecule has 0 unspecified atom stereocenters. The number of nitrogens with zero attached hydrogens (tertiary/aromatic N) is 5. The maximum Gasteiger partial charge on any atom is 0.188 e. The molecule has 4 heterocycles. The predicted molar refractivity (Wildman–Crippen MR) is 118 cm³/mol. The Bertz CT molecular complexity index is 915. The van der Waals surface area contributed by atoms with E-state index in [1.807, 2.05) is 24.7 Å². The summed E-state index contributed by atoms with van der Waals surface area (Å²) in [6, 6.07) is 6.25. The molecule has 0 aromatic carbocycles. The number of rotatable bonds is 7. The van der Waals surface area contributed by atoms with Gasteiger partial charge in [-0.3, -0.25) is 4.90 Å². The van der Waals surface area contributed by atoms with Crippen molar-refractivity contribution in [1.82, 2.24) is 24.8 Å². The van der Waals surface area contributed by atoms with Crippen molar-refractivity contribution in [1.29, 1.82) is 0 Å². The Hall–Kier alpha value is -2.38. The van der Waals surface area contributed by atoms with Crippen LogP contribution in [0.25, 0.3) is 0 Å². The van der Waals surface area contributed by atoms with Gasteiger partial charge >= 0.3 is 0 Å². The fourth-order valence-electron chi connectivity index (χ4n) is 3.73. The molecular formula is C22H28N6S. The Morgan fingerprint density at radius 2 is 1.90 bits per heavy atom. The van der Waals surface area contributed by atoms with Gasteiger partial charge in [-0.1, -0.05) is 13.0 Å². The van der Waals surface area contributed by atoms with Crippen LogP contribution in [0.2, 0.25) is 0 Å². The van der Waals surface area contributed by atoms with Gasteiger partial charge in [-0.05, 0) is 51.4 Å². The maximum absolute atomic E-state index is 4.85. The molecule has 1 fully saturated rings. The van der Waals surface area contributed by atoms with Gasteiger partial charge in [0.1, 0.15) is 11.6 Å². The lowest BCUT2D eigenvalue weighted by Crippen LogP contribution is -2.32. The summed E-state index contributed by atoms with van der Waals surface area (Å²) in [5.74, 6) is 2.33. The molecule has 0 spiro atoms. The topological polar surface area (TPSA) is 66.8 Å². The zero-order valence-electron chi connectivity index (χ0n) is 17.1. The van der Waals surface area contributed by atoms with Crippen LogP contribution in [0.15, 0.2) is 36.8 Å². The van der Waals surface area contributed by atoms with Crippen LogP contribution < -0.4 is 5.32 Å². The maximum atomic E-state index is 4.85. The van der Waals surface area contributed by atoms with Crippen LogP contribution in [-0.2, 0) is 13.0 Å². The van der Waals surface area contributed by atoms with E-state index >= 15 is 0 Å². The van der Waals surface area contributed by atoms with Crippen molar-refractivity contribution >= 4 is 22.3 Å². The molecule has 1 aliphatic heterocycles. The van der Waals surface area contributed by atoms with E-state index in [-0.39, 0.29) is 0 Å². The minimum Gasteiger partial charge on any atom is -0.316 e. The molecule has 0 radical (unpaired) electrons. The summed E-state index contributed by atoms with van der Waals surface area (Å²) in [7, 11) is 0. The van der Waals surface area contributed by atoms with Gasteiger partial charge in [0, 0.05) is 53.6 Å². The Labute approximate surface area is 176 Å². The summed E-state index contributed by atoms with van der Waals surface area (Å²) in [6.07, 6.45) is 10.1. The average molecular weight is 409 g/mol. The van der Waals surface area contributed by atoms with Crippen molar-refractivity contribution < 1.29 is 0 Å². The largest absolute Gasteiger partial charge is 0.316 e. The number of likely N-dealkylation sites (tertiary alicyclic amines) is 1. The van der Waals surface area contributed by atoms with E-state index in [4.69, 9.17) is 4.98 Å². The second-order valence-electron chi connectivity index (χ2n) is 7.66. The quantitative estimate of drug-likeness (QED) is 0.611. The lowest BCUT2D eigenvalue weighted by atomic mass is 9.93. The van der Waals surface area contributed by atoms with E-state index in [1.165, 1.54) is 16.1 Å². The van der Waals surface area contributed by atoms with Crippen LogP contribution in [-0.4, -0.2) is 37.9 Å². The summed E-state index contributed by atoms with van der Waals surface area (Å²) in [5.41, 5.74) is 2.38. The van der Waals surface area contributed by atoms with Crippen molar-refractivity contribution in [3.8, 4) is 0 Å². The average Bonchev–Trinajstić information content (AvgIpc) is 3.15. The molecule has 3 aromatic heterocycles. The molecule has 4 rings (SSSR count). The van der Waals surface area contributed by atoms with Crippen molar-refractivity contribution in [2.24, 2.45) is 0 Å². The lowest BCUT2D eigenvalue weighted by molar-refractivity contribution is 0.203. The molecule has 0 atom stereocenters. The standard InChI is InChI=1S/C22H28N6S/c1-3-5-20-23-13-17(14-24-20)15-28-10-8-18(9-11-28)19-6-4-7-21(26-19)27-22-25-12-16(2)29-22/h4,6-7,12-14,18H,3,5,8-11,15H2,1-2H3,(H,25,26,27). The Morgan fingerprint density at radius 1 is 1.10 bits per heavy atom. The molecule has 3 aromatic rings. The van der Waals surface area contributed by atoms with Gasteiger partial charge in [-0.15, -0.1) is 11.3 Å². The molecule has 1 N–H and O–H groups in total. The number of anilines is 2. The lowest BCUT2D eigenvalue weighted by Gasteiger charge is -2.31. The zero-order valence-corrected chi connectivity index (χ0v) is 18.0. The first-order valence-electron chi connectivity index (χ1n) is 10.4. The Balaban J connectivity index is 1.31. The van der Waals surface area contributed by atoms with Crippen molar-refractivity contribution in [3.63, 3.8) is 0 Å². The summed E-state index contributed by atoms with van der Waals surface area (Å²) < 4.78 is 0. The van der Waals surface area contributed by atoms with Crippen LogP contribution >= 0.6 is 11.3 Å². The van der Waals surface area contributed by atoms with Crippen LogP contribution in [0, 0.1) is 6.92 Å². The minimum atomic E-state index is 0.509. The first-order valence-corrected chi connectivity index (χ1v) is 11.2. The number of hydrogen-bond donors (Lipinski definition) is 1. The van der Waals surface area contributed by atoms with Crippen molar-refractivity contribution in [2.45, 2.75) is 52.0 Å². The molecule has 0 bridgehead atoms. The highest BCUT2D eigenvalue weighted by atomic mass is 32.1. The van der Waals surface area contributed by atoms with E-state index < -0.39 is 0 Å². The number of aromatic nitrogens is 4. The third kappa shape index (κ3) is 5.36. The van der Waals surface area contributed by atoms with Gasteiger partial charge in [0.2, 0.25) is 0 Å². The molecule has 7 heteroatoms. The summed E-state index contributed by atoms with van der Waals surface area (Å²) >= 11 is 1.65. The van der Waals surface area contributed by atoms with E-state index in [9.17, 15) is 0 Å². The molecule has 1 saturated heterocycles. The van der Waals surface area contributed by atoms with Gasteiger partial charge in [0.15, 0.2) is 5.13 Å². The SMILES string of the molecule is CCCc1ncc(CN2CCC(c3cccc(Nc4ncc(C)s4)n3)CC2)cn1. The number of hydrogen-bond acceptors (Lipinski definition) is 7. The molecule has 0 saturated carbocycles. The highest BCUT2D eigenvalue weighted by Gasteiger charge is 2.22. The van der Waals surface area contributed by atoms with E-state index in [1.54, 1.807) is 11.3 Å². The van der Waals surface area contributed by atoms with Crippen LogP contribution in [0.4, 0.5) is 10.9 Å². The first kappa shape index (κ1) is 19.9. The van der Waals surface area contributed by atoms with E-state index in [2.05, 4.69) is 51.1 Å². The summed E-state index contributed by atoms with van der Waals surface area (Å²) in [6.45, 7) is 7.30. The molecule has 29 heavy (non-hydrogen) atoms. The third-order valence-electron chi connectivity index (χ3n) is 5.27. The van der Waals surface area contributed by atoms with Gasteiger partial charge in [-0.2, -0.15) is 0 Å². The highest BCUT2D eigenvalue weighted by Crippen LogP contribution is 2.29. The summed E-state index contributed by atoms with van der Waals surface area (Å²) in [4.78, 5) is 21.9. The highest BCUT2D eigenvalue weighted by molar-refractivity contribution is 7.15. The van der Waals surface area contributed by atoms with Gasteiger partial charge in [0.05, 0.1) is 0 Å².